The third-order valence-electron chi connectivity index (χ3n) is 5.40. The average Bonchev–Trinajstić information content (AvgIpc) is 2.88. The maximum absolute atomic E-state index is 8.30. The number of nitrogen functional groups attached to an aromatic ring is 1. The minimum Gasteiger partial charge on any atom is -0.493 e. The number of amidine groups is 1. The monoisotopic (exact) mass is 454 g/mol. The summed E-state index contributed by atoms with van der Waals surface area (Å²) in [6.07, 6.45) is 1.73. The minimum absolute atomic E-state index is 0.0620. The van der Waals surface area contributed by atoms with Crippen molar-refractivity contribution in [3.05, 3.63) is 84.6 Å². The molecule has 172 valence electrons. The van der Waals surface area contributed by atoms with E-state index < -0.39 is 0 Å². The lowest BCUT2D eigenvalue weighted by Gasteiger charge is -2.18. The zero-order chi connectivity index (χ0) is 24.1. The average molecular weight is 455 g/mol. The fraction of sp³-hybridized carbons (Fsp3) is 0.111. The molecule has 3 aromatic carbocycles. The van der Waals surface area contributed by atoms with E-state index in [0.717, 1.165) is 22.4 Å². The third kappa shape index (κ3) is 4.49. The summed E-state index contributed by atoms with van der Waals surface area (Å²) in [7, 11) is 4.96. The van der Waals surface area contributed by atoms with E-state index in [1.807, 2.05) is 72.8 Å². The van der Waals surface area contributed by atoms with E-state index in [1.54, 1.807) is 27.5 Å². The Morgan fingerprint density at radius 1 is 0.853 bits per heavy atom. The molecule has 1 heterocycles. The van der Waals surface area contributed by atoms with Crippen molar-refractivity contribution in [3.8, 4) is 45.4 Å². The van der Waals surface area contributed by atoms with Crippen molar-refractivity contribution in [2.45, 2.75) is 0 Å². The van der Waals surface area contributed by atoms with E-state index in [4.69, 9.17) is 30.3 Å². The minimum atomic E-state index is -0.0620. The van der Waals surface area contributed by atoms with Crippen molar-refractivity contribution in [2.24, 2.45) is 5.73 Å². The number of anilines is 1. The molecule has 7 heteroatoms. The first-order chi connectivity index (χ1) is 16.5. The van der Waals surface area contributed by atoms with E-state index in [-0.39, 0.29) is 5.84 Å². The number of para-hydroxylation sites is 1. The molecule has 0 fully saturated rings. The van der Waals surface area contributed by atoms with E-state index >= 15 is 0 Å². The molecule has 0 bridgehead atoms. The zero-order valence-electron chi connectivity index (χ0n) is 19.3. The highest BCUT2D eigenvalue weighted by Crippen LogP contribution is 2.39. The molecular formula is C27H26N4O3. The molecule has 0 atom stereocenters. The number of pyridine rings is 1. The number of methoxy groups -OCH3 is 2. The topological polar surface area (TPSA) is 102 Å². The summed E-state index contributed by atoms with van der Waals surface area (Å²) < 4.78 is 16.7. The van der Waals surface area contributed by atoms with E-state index in [2.05, 4.69) is 5.32 Å². The summed E-state index contributed by atoms with van der Waals surface area (Å²) >= 11 is 0. The first-order valence-corrected chi connectivity index (χ1v) is 10.7. The molecule has 0 saturated heterocycles. The molecule has 1 aromatic heterocycles. The lowest BCUT2D eigenvalue weighted by Crippen LogP contribution is -2.16. The van der Waals surface area contributed by atoms with Gasteiger partial charge in [-0.1, -0.05) is 30.3 Å². The van der Waals surface area contributed by atoms with Crippen molar-refractivity contribution in [2.75, 3.05) is 26.6 Å². The Morgan fingerprint density at radius 2 is 1.50 bits per heavy atom. The van der Waals surface area contributed by atoms with Gasteiger partial charge >= 0.3 is 0 Å². The Kier molecular flexibility index (Phi) is 6.64. The number of ether oxygens (including phenoxy) is 3. The van der Waals surface area contributed by atoms with Crippen LogP contribution in [0, 0.1) is 5.41 Å². The van der Waals surface area contributed by atoms with Gasteiger partial charge in [0.15, 0.2) is 11.5 Å². The quantitative estimate of drug-likeness (QED) is 0.238. The molecule has 0 saturated carbocycles. The zero-order valence-corrected chi connectivity index (χ0v) is 19.3. The van der Waals surface area contributed by atoms with Crippen LogP contribution in [0.25, 0.3) is 22.4 Å². The van der Waals surface area contributed by atoms with Gasteiger partial charge < -0.3 is 25.3 Å². The molecule has 4 N–H and O–H groups in total. The number of hydrogen-bond donors (Lipinski definition) is 3. The summed E-state index contributed by atoms with van der Waals surface area (Å²) in [4.78, 5) is 4.72. The second-order valence-electron chi connectivity index (χ2n) is 7.44. The van der Waals surface area contributed by atoms with Crippen LogP contribution >= 0.6 is 0 Å². The molecule has 0 aliphatic carbocycles. The first-order valence-electron chi connectivity index (χ1n) is 10.7. The van der Waals surface area contributed by atoms with Crippen molar-refractivity contribution in [1.29, 1.82) is 5.41 Å². The van der Waals surface area contributed by atoms with Gasteiger partial charge in [-0.05, 0) is 48.0 Å². The van der Waals surface area contributed by atoms with Crippen molar-refractivity contribution >= 4 is 11.5 Å². The molecule has 0 unspecified atom stereocenters. The fourth-order valence-electron chi connectivity index (χ4n) is 3.78. The number of benzene rings is 3. The van der Waals surface area contributed by atoms with Crippen LogP contribution in [0.2, 0.25) is 0 Å². The molecule has 7 nitrogen and oxygen atoms in total. The Hall–Kier alpha value is -4.52. The normalized spacial score (nSPS) is 10.4. The molecule has 4 rings (SSSR count). The number of nitrogens with one attached hydrogen (secondary N) is 2. The van der Waals surface area contributed by atoms with Crippen LogP contribution in [-0.2, 0) is 0 Å². The van der Waals surface area contributed by atoms with Crippen LogP contribution in [0.1, 0.15) is 5.56 Å². The lowest BCUT2D eigenvalue weighted by atomic mass is 9.96. The van der Waals surface area contributed by atoms with E-state index in [1.165, 1.54) is 0 Å². The van der Waals surface area contributed by atoms with E-state index in [0.29, 0.717) is 34.2 Å². The molecule has 34 heavy (non-hydrogen) atoms. The number of aromatic nitrogens is 1. The van der Waals surface area contributed by atoms with Gasteiger partial charge in [0.2, 0.25) is 0 Å². The van der Waals surface area contributed by atoms with Crippen LogP contribution in [0.5, 0.6) is 23.0 Å². The van der Waals surface area contributed by atoms with Crippen molar-refractivity contribution in [1.82, 2.24) is 4.98 Å². The maximum Gasteiger partial charge on any atom is 0.161 e. The molecule has 4 aromatic rings. The van der Waals surface area contributed by atoms with Crippen molar-refractivity contribution < 1.29 is 14.2 Å². The van der Waals surface area contributed by atoms with Crippen LogP contribution in [-0.4, -0.2) is 32.1 Å². The standard InChI is InChI=1S/C27H26N4O3/c1-30-26-24(27(28)29)21(16-31-25(26)18-11-14-22(32-2)23(15-18)33-3)17-9-12-20(13-10-17)34-19-7-5-4-6-8-19/h4-16,30H,1-3H3,(H3,28,29). The highest BCUT2D eigenvalue weighted by atomic mass is 16.5. The lowest BCUT2D eigenvalue weighted by molar-refractivity contribution is 0.355. The predicted octanol–water partition coefficient (Wildman–Crippen LogP) is 5.55. The van der Waals surface area contributed by atoms with Gasteiger partial charge in [-0.2, -0.15) is 0 Å². The second kappa shape index (κ2) is 9.95. The molecule has 0 spiro atoms. The van der Waals surface area contributed by atoms with Gasteiger partial charge in [-0.15, -0.1) is 0 Å². The maximum atomic E-state index is 8.30. The Bertz CT molecular complexity index is 1310. The molecule has 0 aliphatic rings. The molecule has 0 aliphatic heterocycles. The highest BCUT2D eigenvalue weighted by molar-refractivity contribution is 6.08. The van der Waals surface area contributed by atoms with Crippen LogP contribution in [0.3, 0.4) is 0 Å². The number of hydrogen-bond acceptors (Lipinski definition) is 6. The van der Waals surface area contributed by atoms with Gasteiger partial charge in [0, 0.05) is 24.4 Å². The Balaban J connectivity index is 1.75. The third-order valence-corrected chi connectivity index (χ3v) is 5.40. The van der Waals surface area contributed by atoms with Crippen molar-refractivity contribution in [3.63, 3.8) is 0 Å². The summed E-state index contributed by atoms with van der Waals surface area (Å²) in [6, 6.07) is 22.8. The van der Waals surface area contributed by atoms with Crippen LogP contribution in [0.4, 0.5) is 5.69 Å². The smallest absolute Gasteiger partial charge is 0.161 e. The largest absolute Gasteiger partial charge is 0.493 e. The number of nitrogens with zero attached hydrogens (tertiary/aromatic N) is 1. The fourth-order valence-corrected chi connectivity index (χ4v) is 3.78. The second-order valence-corrected chi connectivity index (χ2v) is 7.44. The summed E-state index contributed by atoms with van der Waals surface area (Å²) in [5, 5.41) is 11.5. The van der Waals surface area contributed by atoms with Gasteiger partial charge in [-0.3, -0.25) is 10.4 Å². The highest BCUT2D eigenvalue weighted by Gasteiger charge is 2.20. The SMILES string of the molecule is CNc1c(-c2ccc(OC)c(OC)c2)ncc(-c2ccc(Oc3ccccc3)cc2)c1C(=N)N. The number of rotatable bonds is 8. The van der Waals surface area contributed by atoms with Crippen LogP contribution < -0.4 is 25.3 Å². The molecule has 0 radical (unpaired) electrons. The number of nitrogens with two attached hydrogens (primary N) is 1. The summed E-state index contributed by atoms with van der Waals surface area (Å²) in [5.41, 5.74) is 10.4. The summed E-state index contributed by atoms with van der Waals surface area (Å²) in [5.74, 6) is 2.62. The summed E-state index contributed by atoms with van der Waals surface area (Å²) in [6.45, 7) is 0. The van der Waals surface area contributed by atoms with Gasteiger partial charge in [0.25, 0.3) is 0 Å². The van der Waals surface area contributed by atoms with Gasteiger partial charge in [0.1, 0.15) is 17.3 Å². The van der Waals surface area contributed by atoms with Gasteiger partial charge in [-0.25, -0.2) is 0 Å². The molecule has 0 amide bonds. The Morgan fingerprint density at radius 3 is 2.12 bits per heavy atom. The Labute approximate surface area is 198 Å². The molecular weight excluding hydrogens is 428 g/mol. The van der Waals surface area contributed by atoms with Crippen LogP contribution in [0.15, 0.2) is 79.0 Å². The van der Waals surface area contributed by atoms with Gasteiger partial charge in [0.05, 0.1) is 31.2 Å². The first kappa shape index (κ1) is 22.7. The van der Waals surface area contributed by atoms with E-state index in [9.17, 15) is 0 Å². The predicted molar refractivity (Wildman–Crippen MR) is 135 cm³/mol.